The predicted octanol–water partition coefficient (Wildman–Crippen LogP) is 3.17. The molecule has 0 radical (unpaired) electrons. The highest BCUT2D eigenvalue weighted by Crippen LogP contribution is 2.19. The molecule has 2 aromatic heterocycles. The molecule has 4 aromatic rings. The smallest absolute Gasteiger partial charge is 0.255 e. The molecular formula is C20H16N4O2. The van der Waals surface area contributed by atoms with Crippen molar-refractivity contribution in [3.8, 4) is 5.69 Å². The highest BCUT2D eigenvalue weighted by atomic mass is 16.3. The minimum absolute atomic E-state index is 0.162. The monoisotopic (exact) mass is 344 g/mol. The number of benzene rings is 2. The van der Waals surface area contributed by atoms with Gasteiger partial charge in [0.15, 0.2) is 0 Å². The Kier molecular flexibility index (Phi) is 4.17. The summed E-state index contributed by atoms with van der Waals surface area (Å²) >= 11 is 0. The van der Waals surface area contributed by atoms with Crippen molar-refractivity contribution >= 4 is 22.6 Å². The van der Waals surface area contributed by atoms with Crippen molar-refractivity contribution in [2.75, 3.05) is 5.32 Å². The fourth-order valence-corrected chi connectivity index (χ4v) is 2.81. The Morgan fingerprint density at radius 1 is 1.08 bits per heavy atom. The van der Waals surface area contributed by atoms with Gasteiger partial charge in [0.05, 0.1) is 29.5 Å². The zero-order valence-corrected chi connectivity index (χ0v) is 13.8. The molecule has 0 atom stereocenters. The van der Waals surface area contributed by atoms with Gasteiger partial charge in [-0.1, -0.05) is 12.1 Å². The van der Waals surface area contributed by atoms with E-state index in [9.17, 15) is 9.90 Å². The lowest BCUT2D eigenvalue weighted by Gasteiger charge is -2.09. The second-order valence-electron chi connectivity index (χ2n) is 5.80. The third-order valence-electron chi connectivity index (χ3n) is 4.19. The van der Waals surface area contributed by atoms with E-state index >= 15 is 0 Å². The van der Waals surface area contributed by atoms with Crippen molar-refractivity contribution in [2.24, 2.45) is 0 Å². The maximum Gasteiger partial charge on any atom is 0.255 e. The van der Waals surface area contributed by atoms with Gasteiger partial charge in [-0.3, -0.25) is 14.3 Å². The van der Waals surface area contributed by atoms with Crippen LogP contribution in [0.25, 0.3) is 16.7 Å². The van der Waals surface area contributed by atoms with Gasteiger partial charge in [0, 0.05) is 23.0 Å². The van der Waals surface area contributed by atoms with Crippen LogP contribution in [-0.4, -0.2) is 25.5 Å². The molecule has 2 aromatic carbocycles. The third-order valence-corrected chi connectivity index (χ3v) is 4.19. The summed E-state index contributed by atoms with van der Waals surface area (Å²) in [6.45, 7) is -0.162. The number of rotatable bonds is 4. The lowest BCUT2D eigenvalue weighted by molar-refractivity contribution is 0.102. The van der Waals surface area contributed by atoms with E-state index in [0.717, 1.165) is 16.7 Å². The first kappa shape index (κ1) is 16.0. The van der Waals surface area contributed by atoms with Crippen LogP contribution in [0.5, 0.6) is 0 Å². The molecule has 6 heteroatoms. The van der Waals surface area contributed by atoms with Crippen LogP contribution >= 0.6 is 0 Å². The van der Waals surface area contributed by atoms with Gasteiger partial charge < -0.3 is 10.4 Å². The minimum Gasteiger partial charge on any atom is -0.392 e. The largest absolute Gasteiger partial charge is 0.392 e. The van der Waals surface area contributed by atoms with E-state index in [0.29, 0.717) is 16.8 Å². The number of nitrogens with zero attached hydrogens (tertiary/aromatic N) is 3. The van der Waals surface area contributed by atoms with Crippen LogP contribution in [0.2, 0.25) is 0 Å². The predicted molar refractivity (Wildman–Crippen MR) is 99.2 cm³/mol. The molecule has 128 valence electrons. The molecular weight excluding hydrogens is 328 g/mol. The number of aliphatic hydroxyl groups is 1. The quantitative estimate of drug-likeness (QED) is 0.596. The molecule has 2 heterocycles. The number of nitrogens with one attached hydrogen (secondary N) is 1. The summed E-state index contributed by atoms with van der Waals surface area (Å²) in [5, 5.41) is 12.1. The number of imidazole rings is 1. The number of fused-ring (bicyclic) bond motifs is 1. The molecule has 0 spiro atoms. The maximum atomic E-state index is 12.5. The molecule has 26 heavy (non-hydrogen) atoms. The Morgan fingerprint density at radius 2 is 1.88 bits per heavy atom. The van der Waals surface area contributed by atoms with Crippen molar-refractivity contribution < 1.29 is 9.90 Å². The maximum absolute atomic E-state index is 12.5. The van der Waals surface area contributed by atoms with E-state index in [1.165, 1.54) is 6.20 Å². The average Bonchev–Trinajstić information content (AvgIpc) is 3.12. The molecule has 0 aliphatic rings. The van der Waals surface area contributed by atoms with E-state index in [4.69, 9.17) is 0 Å². The van der Waals surface area contributed by atoms with E-state index in [2.05, 4.69) is 15.3 Å². The van der Waals surface area contributed by atoms with Gasteiger partial charge in [0.1, 0.15) is 6.33 Å². The second-order valence-corrected chi connectivity index (χ2v) is 5.80. The molecule has 0 aliphatic heterocycles. The third kappa shape index (κ3) is 2.94. The standard InChI is InChI=1S/C20H16N4O2/c25-12-15-9-10-21-11-18(15)23-20(26)14-5-7-16(8-6-14)24-13-22-17-3-1-2-4-19(17)24/h1-11,13,25H,12H2,(H,23,26). The second kappa shape index (κ2) is 6.78. The molecule has 0 aliphatic carbocycles. The fraction of sp³-hybridized carbons (Fsp3) is 0.0500. The SMILES string of the molecule is O=C(Nc1cnccc1CO)c1ccc(-n2cnc3ccccc32)cc1. The van der Waals surface area contributed by atoms with Crippen molar-refractivity contribution in [1.29, 1.82) is 0 Å². The number of carbonyl (C=O) groups is 1. The summed E-state index contributed by atoms with van der Waals surface area (Å²) in [6.07, 6.45) is 4.86. The molecule has 0 unspecified atom stereocenters. The number of amides is 1. The summed E-state index contributed by atoms with van der Waals surface area (Å²) in [4.78, 5) is 20.8. The van der Waals surface area contributed by atoms with Crippen molar-refractivity contribution in [3.63, 3.8) is 0 Å². The fourth-order valence-electron chi connectivity index (χ4n) is 2.81. The molecule has 0 saturated heterocycles. The number of hydrogen-bond acceptors (Lipinski definition) is 4. The van der Waals surface area contributed by atoms with Crippen LogP contribution in [0, 0.1) is 0 Å². The Morgan fingerprint density at radius 3 is 2.69 bits per heavy atom. The minimum atomic E-state index is -0.255. The highest BCUT2D eigenvalue weighted by Gasteiger charge is 2.10. The summed E-state index contributed by atoms with van der Waals surface area (Å²) in [6, 6.07) is 16.8. The van der Waals surface area contributed by atoms with Crippen LogP contribution in [0.15, 0.2) is 73.3 Å². The van der Waals surface area contributed by atoms with Crippen LogP contribution < -0.4 is 5.32 Å². The molecule has 1 amide bonds. The lowest BCUT2D eigenvalue weighted by Crippen LogP contribution is -2.13. The molecule has 2 N–H and O–H groups in total. The van der Waals surface area contributed by atoms with E-state index in [1.54, 1.807) is 30.7 Å². The number of para-hydroxylation sites is 2. The van der Waals surface area contributed by atoms with Gasteiger partial charge in [-0.05, 0) is 42.5 Å². The van der Waals surface area contributed by atoms with Gasteiger partial charge >= 0.3 is 0 Å². The van der Waals surface area contributed by atoms with Gasteiger partial charge in [-0.2, -0.15) is 0 Å². The number of aromatic nitrogens is 3. The van der Waals surface area contributed by atoms with Crippen LogP contribution in [0.4, 0.5) is 5.69 Å². The molecule has 4 rings (SSSR count). The summed E-state index contributed by atoms with van der Waals surface area (Å²) in [5.74, 6) is -0.255. The van der Waals surface area contributed by atoms with Gasteiger partial charge in [0.2, 0.25) is 0 Å². The molecule has 0 fully saturated rings. The first-order valence-electron chi connectivity index (χ1n) is 8.14. The number of aliphatic hydroxyl groups excluding tert-OH is 1. The van der Waals surface area contributed by atoms with E-state index < -0.39 is 0 Å². The first-order valence-corrected chi connectivity index (χ1v) is 8.14. The van der Waals surface area contributed by atoms with Crippen molar-refractivity contribution in [1.82, 2.24) is 14.5 Å². The van der Waals surface area contributed by atoms with Crippen LogP contribution in [-0.2, 0) is 6.61 Å². The topological polar surface area (TPSA) is 80.0 Å². The number of carbonyl (C=O) groups excluding carboxylic acids is 1. The Bertz CT molecular complexity index is 1070. The first-order chi connectivity index (χ1) is 12.8. The zero-order chi connectivity index (χ0) is 17.9. The van der Waals surface area contributed by atoms with Gasteiger partial charge in [-0.15, -0.1) is 0 Å². The summed E-state index contributed by atoms with van der Waals surface area (Å²) < 4.78 is 1.97. The molecule has 6 nitrogen and oxygen atoms in total. The normalized spacial score (nSPS) is 10.8. The summed E-state index contributed by atoms with van der Waals surface area (Å²) in [7, 11) is 0. The Hall–Kier alpha value is -3.51. The van der Waals surface area contributed by atoms with Crippen molar-refractivity contribution in [3.05, 3.63) is 84.4 Å². The number of anilines is 1. The molecule has 0 bridgehead atoms. The van der Waals surface area contributed by atoms with E-state index in [-0.39, 0.29) is 12.5 Å². The van der Waals surface area contributed by atoms with Crippen LogP contribution in [0.3, 0.4) is 0 Å². The lowest BCUT2D eigenvalue weighted by atomic mass is 10.1. The summed E-state index contributed by atoms with van der Waals surface area (Å²) in [5.41, 5.74) is 4.49. The average molecular weight is 344 g/mol. The number of pyridine rings is 1. The highest BCUT2D eigenvalue weighted by molar-refractivity contribution is 6.04. The van der Waals surface area contributed by atoms with Gasteiger partial charge in [0.25, 0.3) is 5.91 Å². The van der Waals surface area contributed by atoms with E-state index in [1.807, 2.05) is 41.0 Å². The molecule has 0 saturated carbocycles. The zero-order valence-electron chi connectivity index (χ0n) is 13.8. The number of hydrogen-bond donors (Lipinski definition) is 2. The Balaban J connectivity index is 1.58. The Labute approximate surface area is 149 Å². The van der Waals surface area contributed by atoms with Crippen LogP contribution in [0.1, 0.15) is 15.9 Å². The van der Waals surface area contributed by atoms with Gasteiger partial charge in [-0.25, -0.2) is 4.98 Å². The van der Waals surface area contributed by atoms with Crippen molar-refractivity contribution in [2.45, 2.75) is 6.61 Å².